The second-order valence-corrected chi connectivity index (χ2v) is 4.00. The molecule has 2 nitrogen and oxygen atoms in total. The van der Waals surface area contributed by atoms with Gasteiger partial charge in [0.05, 0.1) is 7.11 Å². The summed E-state index contributed by atoms with van der Waals surface area (Å²) in [7, 11) is 1.69. The highest BCUT2D eigenvalue weighted by atomic mass is 16.5. The van der Waals surface area contributed by atoms with Crippen LogP contribution in [0.3, 0.4) is 0 Å². The summed E-state index contributed by atoms with van der Waals surface area (Å²) >= 11 is 0. The molecule has 1 aromatic rings. The van der Waals surface area contributed by atoms with E-state index in [2.05, 4.69) is 18.0 Å². The number of rotatable bonds is 5. The molecule has 0 saturated heterocycles. The van der Waals surface area contributed by atoms with Crippen LogP contribution in [0.5, 0.6) is 5.75 Å². The number of ether oxygens (including phenoxy) is 1. The van der Waals surface area contributed by atoms with Gasteiger partial charge in [0.1, 0.15) is 5.75 Å². The largest absolute Gasteiger partial charge is 0.497 e. The predicted molar refractivity (Wildman–Crippen MR) is 61.7 cm³/mol. The molecule has 1 aliphatic rings. The van der Waals surface area contributed by atoms with Crippen molar-refractivity contribution in [2.45, 2.75) is 19.4 Å². The summed E-state index contributed by atoms with van der Waals surface area (Å²) in [5, 5.41) is 3.36. The van der Waals surface area contributed by atoms with E-state index in [1.54, 1.807) is 7.11 Å². The van der Waals surface area contributed by atoms with Crippen LogP contribution in [0, 0.1) is 5.92 Å². The zero-order chi connectivity index (χ0) is 10.7. The first-order chi connectivity index (χ1) is 7.29. The third-order valence-corrected chi connectivity index (χ3v) is 2.72. The van der Waals surface area contributed by atoms with Crippen LogP contribution in [0.4, 0.5) is 0 Å². The number of allylic oxidation sites excluding steroid dienone is 1. The van der Waals surface area contributed by atoms with Crippen molar-refractivity contribution < 1.29 is 4.74 Å². The van der Waals surface area contributed by atoms with Gasteiger partial charge in [-0.1, -0.05) is 18.7 Å². The Morgan fingerprint density at radius 1 is 1.53 bits per heavy atom. The Kier molecular flexibility index (Phi) is 2.95. The van der Waals surface area contributed by atoms with Crippen LogP contribution < -0.4 is 10.1 Å². The van der Waals surface area contributed by atoms with Gasteiger partial charge in [0.2, 0.25) is 0 Å². The molecule has 1 saturated carbocycles. The summed E-state index contributed by atoms with van der Waals surface area (Å²) < 4.78 is 5.17. The highest BCUT2D eigenvalue weighted by Gasteiger charge is 2.24. The smallest absolute Gasteiger partial charge is 0.119 e. The Morgan fingerprint density at radius 2 is 2.33 bits per heavy atom. The van der Waals surface area contributed by atoms with Crippen LogP contribution in [-0.4, -0.2) is 7.11 Å². The molecule has 0 heterocycles. The Hall–Kier alpha value is -1.44. The number of hydrogen-bond acceptors (Lipinski definition) is 2. The molecule has 0 spiro atoms. The fourth-order valence-corrected chi connectivity index (χ4v) is 1.57. The molecule has 2 heteroatoms. The fraction of sp³-hybridized carbons (Fsp3) is 0.385. The lowest BCUT2D eigenvalue weighted by atomic mass is 10.2. The molecule has 1 aliphatic carbocycles. The Labute approximate surface area is 91.0 Å². The van der Waals surface area contributed by atoms with Gasteiger partial charge in [-0.3, -0.25) is 0 Å². The van der Waals surface area contributed by atoms with E-state index < -0.39 is 0 Å². The van der Waals surface area contributed by atoms with Gasteiger partial charge in [0, 0.05) is 12.2 Å². The van der Waals surface area contributed by atoms with Crippen LogP contribution in [0.1, 0.15) is 18.4 Å². The van der Waals surface area contributed by atoms with Crippen LogP contribution in [0.2, 0.25) is 0 Å². The van der Waals surface area contributed by atoms with E-state index in [0.717, 1.165) is 18.2 Å². The van der Waals surface area contributed by atoms with Crippen LogP contribution >= 0.6 is 0 Å². The van der Waals surface area contributed by atoms with Crippen LogP contribution in [-0.2, 0) is 6.54 Å². The van der Waals surface area contributed by atoms with Crippen molar-refractivity contribution in [2.75, 3.05) is 7.11 Å². The average molecular weight is 203 g/mol. The molecule has 15 heavy (non-hydrogen) atoms. The third kappa shape index (κ3) is 2.75. The first kappa shape index (κ1) is 10.1. The minimum Gasteiger partial charge on any atom is -0.497 e. The Morgan fingerprint density at radius 3 is 3.00 bits per heavy atom. The quantitative estimate of drug-likeness (QED) is 0.794. The highest BCUT2D eigenvalue weighted by Crippen LogP contribution is 2.34. The van der Waals surface area contributed by atoms with Crippen LogP contribution in [0.15, 0.2) is 36.5 Å². The van der Waals surface area contributed by atoms with Gasteiger partial charge in [0.15, 0.2) is 0 Å². The molecule has 0 aliphatic heterocycles. The average Bonchev–Trinajstić information content (AvgIpc) is 3.10. The van der Waals surface area contributed by atoms with E-state index in [1.165, 1.54) is 24.1 Å². The van der Waals surface area contributed by atoms with Gasteiger partial charge < -0.3 is 10.1 Å². The fourth-order valence-electron chi connectivity index (χ4n) is 1.57. The maximum Gasteiger partial charge on any atom is 0.119 e. The predicted octanol–water partition coefficient (Wildman–Crippen LogP) is 2.71. The number of methoxy groups -OCH3 is 1. The van der Waals surface area contributed by atoms with Crippen molar-refractivity contribution in [1.82, 2.24) is 5.32 Å². The molecule has 0 unspecified atom stereocenters. The van der Waals surface area contributed by atoms with Gasteiger partial charge in [-0.2, -0.15) is 0 Å². The van der Waals surface area contributed by atoms with Crippen molar-refractivity contribution in [2.24, 2.45) is 5.92 Å². The zero-order valence-corrected chi connectivity index (χ0v) is 9.12. The molecular weight excluding hydrogens is 186 g/mol. The number of hydrogen-bond donors (Lipinski definition) is 1. The summed E-state index contributed by atoms with van der Waals surface area (Å²) in [6.07, 6.45) is 2.59. The second kappa shape index (κ2) is 4.39. The van der Waals surface area contributed by atoms with Gasteiger partial charge in [-0.15, -0.1) is 0 Å². The van der Waals surface area contributed by atoms with Gasteiger partial charge in [-0.25, -0.2) is 0 Å². The molecule has 1 fully saturated rings. The monoisotopic (exact) mass is 203 g/mol. The Balaban J connectivity index is 1.89. The summed E-state index contributed by atoms with van der Waals surface area (Å²) in [5.41, 5.74) is 2.41. The summed E-state index contributed by atoms with van der Waals surface area (Å²) in [6, 6.07) is 8.11. The molecule has 80 valence electrons. The van der Waals surface area contributed by atoms with Gasteiger partial charge >= 0.3 is 0 Å². The summed E-state index contributed by atoms with van der Waals surface area (Å²) in [4.78, 5) is 0. The molecule has 0 aromatic heterocycles. The molecule has 0 atom stereocenters. The van der Waals surface area contributed by atoms with Crippen molar-refractivity contribution in [3.05, 3.63) is 42.1 Å². The molecule has 2 rings (SSSR count). The third-order valence-electron chi connectivity index (χ3n) is 2.72. The lowest BCUT2D eigenvalue weighted by Crippen LogP contribution is -2.13. The number of benzene rings is 1. The normalized spacial score (nSPS) is 14.7. The second-order valence-electron chi connectivity index (χ2n) is 4.00. The van der Waals surface area contributed by atoms with Crippen molar-refractivity contribution >= 4 is 0 Å². The zero-order valence-electron chi connectivity index (χ0n) is 9.12. The molecule has 1 N–H and O–H groups in total. The molecular formula is C13H17NO. The standard InChI is InChI=1S/C13H17NO/c1-10(12-6-7-12)14-9-11-4-3-5-13(8-11)15-2/h3-5,8,12,14H,1,6-7,9H2,2H3. The first-order valence-corrected chi connectivity index (χ1v) is 5.35. The lowest BCUT2D eigenvalue weighted by molar-refractivity contribution is 0.414. The maximum absolute atomic E-state index is 5.17. The molecule has 0 bridgehead atoms. The Bertz CT molecular complexity index is 355. The van der Waals surface area contributed by atoms with Crippen molar-refractivity contribution in [1.29, 1.82) is 0 Å². The van der Waals surface area contributed by atoms with E-state index in [9.17, 15) is 0 Å². The highest BCUT2D eigenvalue weighted by molar-refractivity contribution is 5.28. The van der Waals surface area contributed by atoms with E-state index in [4.69, 9.17) is 4.74 Å². The lowest BCUT2D eigenvalue weighted by Gasteiger charge is -2.09. The van der Waals surface area contributed by atoms with Crippen LogP contribution in [0.25, 0.3) is 0 Å². The van der Waals surface area contributed by atoms with Gasteiger partial charge in [0.25, 0.3) is 0 Å². The maximum atomic E-state index is 5.17. The molecule has 0 radical (unpaired) electrons. The van der Waals surface area contributed by atoms with Gasteiger partial charge in [-0.05, 0) is 36.5 Å². The van der Waals surface area contributed by atoms with E-state index in [1.807, 2.05) is 18.2 Å². The molecule has 0 amide bonds. The minimum atomic E-state index is 0.718. The summed E-state index contributed by atoms with van der Waals surface area (Å²) in [6.45, 7) is 4.87. The van der Waals surface area contributed by atoms with Crippen molar-refractivity contribution in [3.8, 4) is 5.75 Å². The van der Waals surface area contributed by atoms with E-state index >= 15 is 0 Å². The van der Waals surface area contributed by atoms with E-state index in [-0.39, 0.29) is 0 Å². The first-order valence-electron chi connectivity index (χ1n) is 5.35. The van der Waals surface area contributed by atoms with Crippen molar-refractivity contribution in [3.63, 3.8) is 0 Å². The minimum absolute atomic E-state index is 0.718. The summed E-state index contributed by atoms with van der Waals surface area (Å²) in [5.74, 6) is 1.63. The molecule has 1 aromatic carbocycles. The number of nitrogens with one attached hydrogen (secondary N) is 1. The topological polar surface area (TPSA) is 21.3 Å². The SMILES string of the molecule is C=C(NCc1cccc(OC)c1)C1CC1. The van der Waals surface area contributed by atoms with E-state index in [0.29, 0.717) is 0 Å².